The number of nitrogens with one attached hydrogen (secondary N) is 1. The molecular formula is C12H21N3O2S. The fourth-order valence-electron chi connectivity index (χ4n) is 1.59. The summed E-state index contributed by atoms with van der Waals surface area (Å²) in [6.45, 7) is 1.23. The van der Waals surface area contributed by atoms with E-state index in [4.69, 9.17) is 0 Å². The summed E-state index contributed by atoms with van der Waals surface area (Å²) in [5.41, 5.74) is 0.902. The number of rotatable bonds is 8. The lowest BCUT2D eigenvalue weighted by Crippen LogP contribution is -2.29. The molecular weight excluding hydrogens is 250 g/mol. The zero-order valence-corrected chi connectivity index (χ0v) is 11.8. The summed E-state index contributed by atoms with van der Waals surface area (Å²) in [5, 5.41) is 3.01. The largest absolute Gasteiger partial charge is 0.320 e. The van der Waals surface area contributed by atoms with Gasteiger partial charge in [-0.3, -0.25) is 4.98 Å². The van der Waals surface area contributed by atoms with E-state index in [0.717, 1.165) is 18.5 Å². The van der Waals surface area contributed by atoms with E-state index in [1.54, 1.807) is 19.4 Å². The Bertz CT molecular complexity index is 434. The number of hydrogen-bond donors (Lipinski definition) is 1. The third-order valence-electron chi connectivity index (χ3n) is 2.68. The molecule has 102 valence electrons. The second kappa shape index (κ2) is 7.45. The Balaban J connectivity index is 2.46. The highest BCUT2D eigenvalue weighted by Gasteiger charge is 2.17. The molecule has 1 rings (SSSR count). The van der Waals surface area contributed by atoms with Crippen LogP contribution in [-0.4, -0.2) is 44.1 Å². The van der Waals surface area contributed by atoms with Gasteiger partial charge in [0.05, 0.1) is 5.75 Å². The van der Waals surface area contributed by atoms with Crippen LogP contribution in [0.25, 0.3) is 0 Å². The Hall–Kier alpha value is -0.980. The number of unbranched alkanes of at least 4 members (excludes halogenated alkanes) is 1. The van der Waals surface area contributed by atoms with Crippen LogP contribution >= 0.6 is 0 Å². The molecule has 1 heterocycles. The summed E-state index contributed by atoms with van der Waals surface area (Å²) in [5.74, 6) is 0.200. The molecule has 1 N–H and O–H groups in total. The maximum Gasteiger partial charge on any atom is 0.214 e. The monoisotopic (exact) mass is 271 g/mol. The first-order chi connectivity index (χ1) is 8.56. The highest BCUT2D eigenvalue weighted by Crippen LogP contribution is 2.08. The maximum absolute atomic E-state index is 12.0. The summed E-state index contributed by atoms with van der Waals surface area (Å²) in [4.78, 5) is 3.98. The lowest BCUT2D eigenvalue weighted by molar-refractivity contribution is 0.464. The van der Waals surface area contributed by atoms with Crippen molar-refractivity contribution >= 4 is 10.0 Å². The van der Waals surface area contributed by atoms with Gasteiger partial charge in [-0.2, -0.15) is 0 Å². The van der Waals surface area contributed by atoms with Crippen LogP contribution in [0.5, 0.6) is 0 Å². The number of aromatic nitrogens is 1. The van der Waals surface area contributed by atoms with Gasteiger partial charge in [-0.25, -0.2) is 12.7 Å². The molecule has 1 aromatic rings. The van der Waals surface area contributed by atoms with E-state index in [0.29, 0.717) is 13.0 Å². The number of hydrogen-bond acceptors (Lipinski definition) is 4. The van der Waals surface area contributed by atoms with Crippen LogP contribution in [0.1, 0.15) is 18.4 Å². The van der Waals surface area contributed by atoms with Gasteiger partial charge in [-0.15, -0.1) is 0 Å². The molecule has 0 amide bonds. The molecule has 0 saturated heterocycles. The van der Waals surface area contributed by atoms with Crippen molar-refractivity contribution in [2.24, 2.45) is 0 Å². The van der Waals surface area contributed by atoms with Crippen LogP contribution < -0.4 is 5.32 Å². The topological polar surface area (TPSA) is 62.3 Å². The minimum atomic E-state index is -3.16. The van der Waals surface area contributed by atoms with Crippen LogP contribution in [0.15, 0.2) is 24.5 Å². The minimum absolute atomic E-state index is 0.200. The van der Waals surface area contributed by atoms with Gasteiger partial charge in [0.2, 0.25) is 10.0 Å². The molecule has 5 nitrogen and oxygen atoms in total. The van der Waals surface area contributed by atoms with Crippen LogP contribution in [-0.2, 0) is 16.6 Å². The summed E-state index contributed by atoms with van der Waals surface area (Å²) in [6.07, 6.45) is 4.92. The predicted octanol–water partition coefficient (Wildman–Crippen LogP) is 0.843. The molecule has 0 aliphatic carbocycles. The SMILES string of the molecule is CNCCCCS(=O)(=O)N(C)Cc1cccnc1. The molecule has 0 saturated carbocycles. The molecule has 0 atom stereocenters. The smallest absolute Gasteiger partial charge is 0.214 e. The third-order valence-corrected chi connectivity index (χ3v) is 4.57. The third kappa shape index (κ3) is 5.12. The molecule has 0 radical (unpaired) electrons. The summed E-state index contributed by atoms with van der Waals surface area (Å²) in [7, 11) is 0.314. The van der Waals surface area contributed by atoms with Crippen molar-refractivity contribution in [3.63, 3.8) is 0 Å². The van der Waals surface area contributed by atoms with Crippen molar-refractivity contribution in [2.75, 3.05) is 26.4 Å². The minimum Gasteiger partial charge on any atom is -0.320 e. The Kier molecular flexibility index (Phi) is 6.24. The molecule has 1 aromatic heterocycles. The van der Waals surface area contributed by atoms with Crippen molar-refractivity contribution in [3.05, 3.63) is 30.1 Å². The number of pyridine rings is 1. The number of sulfonamides is 1. The molecule has 0 aliphatic heterocycles. The van der Waals surface area contributed by atoms with Crippen molar-refractivity contribution in [2.45, 2.75) is 19.4 Å². The van der Waals surface area contributed by atoms with Gasteiger partial charge < -0.3 is 5.32 Å². The lowest BCUT2D eigenvalue weighted by atomic mass is 10.3. The van der Waals surface area contributed by atoms with Gasteiger partial charge in [-0.05, 0) is 38.1 Å². The average molecular weight is 271 g/mol. The van der Waals surface area contributed by atoms with E-state index in [1.807, 2.05) is 19.2 Å². The first kappa shape index (κ1) is 15.1. The zero-order valence-electron chi connectivity index (χ0n) is 11.0. The van der Waals surface area contributed by atoms with Gasteiger partial charge >= 0.3 is 0 Å². The number of nitrogens with zero attached hydrogens (tertiary/aromatic N) is 2. The van der Waals surface area contributed by atoms with Crippen molar-refractivity contribution in [1.29, 1.82) is 0 Å². The normalized spacial score (nSPS) is 11.9. The van der Waals surface area contributed by atoms with Crippen LogP contribution in [0.3, 0.4) is 0 Å². The van der Waals surface area contributed by atoms with Crippen LogP contribution in [0.4, 0.5) is 0 Å². The summed E-state index contributed by atoms with van der Waals surface area (Å²) in [6, 6.07) is 3.68. The lowest BCUT2D eigenvalue weighted by Gasteiger charge is -2.16. The Morgan fingerprint density at radius 3 is 2.78 bits per heavy atom. The van der Waals surface area contributed by atoms with E-state index in [1.165, 1.54) is 4.31 Å². The fourth-order valence-corrected chi connectivity index (χ4v) is 2.82. The summed E-state index contributed by atoms with van der Waals surface area (Å²) < 4.78 is 25.4. The molecule has 0 bridgehead atoms. The van der Waals surface area contributed by atoms with Gasteiger partial charge in [0, 0.05) is 26.0 Å². The van der Waals surface area contributed by atoms with Gasteiger partial charge in [-0.1, -0.05) is 6.07 Å². The fraction of sp³-hybridized carbons (Fsp3) is 0.583. The molecule has 0 spiro atoms. The van der Waals surface area contributed by atoms with E-state index >= 15 is 0 Å². The standard InChI is InChI=1S/C12H21N3O2S/c1-13-7-3-4-9-18(16,17)15(2)11-12-6-5-8-14-10-12/h5-6,8,10,13H,3-4,7,9,11H2,1-2H3. The van der Waals surface area contributed by atoms with Crippen molar-refractivity contribution in [3.8, 4) is 0 Å². The second-order valence-corrected chi connectivity index (χ2v) is 6.44. The highest BCUT2D eigenvalue weighted by molar-refractivity contribution is 7.89. The first-order valence-corrected chi connectivity index (χ1v) is 7.64. The predicted molar refractivity (Wildman–Crippen MR) is 72.7 cm³/mol. The van der Waals surface area contributed by atoms with E-state index < -0.39 is 10.0 Å². The van der Waals surface area contributed by atoms with Crippen molar-refractivity contribution in [1.82, 2.24) is 14.6 Å². The molecule has 6 heteroatoms. The maximum atomic E-state index is 12.0. The Morgan fingerprint density at radius 1 is 1.39 bits per heavy atom. The quantitative estimate of drug-likeness (QED) is 0.712. The van der Waals surface area contributed by atoms with E-state index in [-0.39, 0.29) is 5.75 Å². The molecule has 0 aliphatic rings. The molecule has 18 heavy (non-hydrogen) atoms. The average Bonchev–Trinajstić information content (AvgIpc) is 2.36. The highest BCUT2D eigenvalue weighted by atomic mass is 32.2. The van der Waals surface area contributed by atoms with E-state index in [2.05, 4.69) is 10.3 Å². The van der Waals surface area contributed by atoms with Crippen LogP contribution in [0.2, 0.25) is 0 Å². The van der Waals surface area contributed by atoms with Gasteiger partial charge in [0.25, 0.3) is 0 Å². The van der Waals surface area contributed by atoms with Crippen molar-refractivity contribution < 1.29 is 8.42 Å². The molecule has 0 unspecified atom stereocenters. The summed E-state index contributed by atoms with van der Waals surface area (Å²) >= 11 is 0. The Labute approximate surface area is 109 Å². The van der Waals surface area contributed by atoms with Crippen LogP contribution in [0, 0.1) is 0 Å². The first-order valence-electron chi connectivity index (χ1n) is 6.04. The second-order valence-electron chi connectivity index (χ2n) is 4.24. The molecule has 0 fully saturated rings. The zero-order chi connectivity index (χ0) is 13.4. The van der Waals surface area contributed by atoms with E-state index in [9.17, 15) is 8.42 Å². The molecule has 0 aromatic carbocycles. The van der Waals surface area contributed by atoms with Gasteiger partial charge in [0.1, 0.15) is 0 Å². The van der Waals surface area contributed by atoms with Gasteiger partial charge in [0.15, 0.2) is 0 Å². The Morgan fingerprint density at radius 2 is 2.17 bits per heavy atom.